The maximum Gasteiger partial charge on any atom is 0.273 e. The minimum absolute atomic E-state index is 0.00546. The van der Waals surface area contributed by atoms with E-state index < -0.39 is 6.08 Å². The number of benzene rings is 1. The van der Waals surface area contributed by atoms with Crippen LogP contribution in [0.15, 0.2) is 30.3 Å². The SMILES string of the molecule is [C-]#[N+]c1ccccc1C(=C(F)F)C(C)CC. The Balaban J connectivity index is 3.35. The predicted molar refractivity (Wildman–Crippen MR) is 61.3 cm³/mol. The third-order valence-corrected chi connectivity index (χ3v) is 2.62. The minimum atomic E-state index is -1.69. The zero-order valence-electron chi connectivity index (χ0n) is 9.30. The molecule has 0 aliphatic carbocycles. The molecule has 1 aromatic carbocycles. The highest BCUT2D eigenvalue weighted by Gasteiger charge is 2.18. The first-order chi connectivity index (χ1) is 7.61. The number of para-hydroxylation sites is 1. The minimum Gasteiger partial charge on any atom is -0.238 e. The first-order valence-corrected chi connectivity index (χ1v) is 5.13. The number of hydrogen-bond donors (Lipinski definition) is 0. The Labute approximate surface area is 94.2 Å². The first kappa shape index (κ1) is 12.4. The second-order valence-corrected chi connectivity index (χ2v) is 3.61. The number of rotatable bonds is 3. The molecule has 1 nitrogen and oxygen atoms in total. The zero-order chi connectivity index (χ0) is 12.1. The summed E-state index contributed by atoms with van der Waals surface area (Å²) < 4.78 is 25.8. The van der Waals surface area contributed by atoms with Gasteiger partial charge in [0.15, 0.2) is 5.69 Å². The molecule has 0 aliphatic heterocycles. The summed E-state index contributed by atoms with van der Waals surface area (Å²) in [6.07, 6.45) is -1.07. The van der Waals surface area contributed by atoms with Gasteiger partial charge in [-0.15, -0.1) is 0 Å². The quantitative estimate of drug-likeness (QED) is 0.640. The van der Waals surface area contributed by atoms with Gasteiger partial charge in [0.25, 0.3) is 6.08 Å². The molecule has 1 unspecified atom stereocenters. The molecular weight excluding hydrogens is 208 g/mol. The summed E-state index contributed by atoms with van der Waals surface area (Å²) >= 11 is 0. The Morgan fingerprint density at radius 1 is 1.38 bits per heavy atom. The van der Waals surface area contributed by atoms with Crippen LogP contribution < -0.4 is 0 Å². The lowest BCUT2D eigenvalue weighted by atomic mass is 9.92. The summed E-state index contributed by atoms with van der Waals surface area (Å²) in [5.41, 5.74) is 0.631. The second kappa shape index (κ2) is 5.41. The Bertz CT molecular complexity index is 439. The smallest absolute Gasteiger partial charge is 0.238 e. The largest absolute Gasteiger partial charge is 0.273 e. The van der Waals surface area contributed by atoms with Crippen LogP contribution in [0.4, 0.5) is 14.5 Å². The van der Waals surface area contributed by atoms with Crippen molar-refractivity contribution >= 4 is 11.3 Å². The van der Waals surface area contributed by atoms with Gasteiger partial charge in [-0.05, 0) is 17.9 Å². The molecule has 84 valence electrons. The van der Waals surface area contributed by atoms with Crippen LogP contribution in [-0.4, -0.2) is 0 Å². The fraction of sp³-hybridized carbons (Fsp3) is 0.308. The summed E-state index contributed by atoms with van der Waals surface area (Å²) in [6.45, 7) is 10.6. The van der Waals surface area contributed by atoms with Gasteiger partial charge in [0.1, 0.15) is 0 Å². The molecule has 0 fully saturated rings. The van der Waals surface area contributed by atoms with Crippen molar-refractivity contribution in [2.45, 2.75) is 20.3 Å². The van der Waals surface area contributed by atoms with Gasteiger partial charge < -0.3 is 0 Å². The highest BCUT2D eigenvalue weighted by atomic mass is 19.3. The van der Waals surface area contributed by atoms with E-state index in [1.807, 2.05) is 6.92 Å². The summed E-state index contributed by atoms with van der Waals surface area (Å²) in [6, 6.07) is 6.50. The van der Waals surface area contributed by atoms with Crippen molar-refractivity contribution in [3.05, 3.63) is 47.3 Å². The van der Waals surface area contributed by atoms with Gasteiger partial charge in [-0.3, -0.25) is 0 Å². The molecule has 1 rings (SSSR count). The van der Waals surface area contributed by atoms with Gasteiger partial charge in [-0.25, -0.2) is 4.85 Å². The lowest BCUT2D eigenvalue weighted by Crippen LogP contribution is -1.98. The third-order valence-electron chi connectivity index (χ3n) is 2.62. The fourth-order valence-electron chi connectivity index (χ4n) is 1.56. The third kappa shape index (κ3) is 2.46. The van der Waals surface area contributed by atoms with Crippen molar-refractivity contribution in [2.75, 3.05) is 0 Å². The number of hydrogen-bond acceptors (Lipinski definition) is 0. The normalized spacial score (nSPS) is 11.7. The molecule has 0 amide bonds. The van der Waals surface area contributed by atoms with Crippen molar-refractivity contribution in [2.24, 2.45) is 5.92 Å². The molecule has 3 heteroatoms. The summed E-state index contributed by atoms with van der Waals surface area (Å²) in [4.78, 5) is 3.27. The molecule has 0 saturated heterocycles. The lowest BCUT2D eigenvalue weighted by molar-refractivity contribution is 0.417. The van der Waals surface area contributed by atoms with E-state index in [9.17, 15) is 8.78 Å². The Morgan fingerprint density at radius 2 is 2.00 bits per heavy atom. The van der Waals surface area contributed by atoms with E-state index in [0.717, 1.165) is 0 Å². The van der Waals surface area contributed by atoms with E-state index in [4.69, 9.17) is 6.57 Å². The van der Waals surface area contributed by atoms with Gasteiger partial charge in [0, 0.05) is 5.57 Å². The molecule has 0 heterocycles. The topological polar surface area (TPSA) is 4.36 Å². The average Bonchev–Trinajstić information content (AvgIpc) is 2.29. The number of halogens is 2. The van der Waals surface area contributed by atoms with Crippen LogP contribution in [0.25, 0.3) is 10.4 Å². The van der Waals surface area contributed by atoms with E-state index in [1.54, 1.807) is 31.2 Å². The predicted octanol–water partition coefficient (Wildman–Crippen LogP) is 4.89. The molecule has 1 aromatic rings. The summed E-state index contributed by atoms with van der Waals surface area (Å²) in [5, 5.41) is 0. The Morgan fingerprint density at radius 3 is 2.50 bits per heavy atom. The lowest BCUT2D eigenvalue weighted by Gasteiger charge is -2.14. The van der Waals surface area contributed by atoms with Crippen molar-refractivity contribution in [3.8, 4) is 0 Å². The molecule has 0 aromatic heterocycles. The van der Waals surface area contributed by atoms with Crippen molar-refractivity contribution < 1.29 is 8.78 Å². The van der Waals surface area contributed by atoms with Crippen LogP contribution in [-0.2, 0) is 0 Å². The number of nitrogens with zero attached hydrogens (tertiary/aromatic N) is 1. The molecule has 0 aliphatic rings. The molecule has 1 atom stereocenters. The second-order valence-electron chi connectivity index (χ2n) is 3.61. The maximum atomic E-state index is 12.9. The van der Waals surface area contributed by atoms with Gasteiger partial charge >= 0.3 is 0 Å². The number of allylic oxidation sites excluding steroid dienone is 1. The molecular formula is C13H13F2N. The van der Waals surface area contributed by atoms with E-state index in [1.165, 1.54) is 0 Å². The van der Waals surface area contributed by atoms with Gasteiger partial charge in [0.05, 0.1) is 6.57 Å². The van der Waals surface area contributed by atoms with E-state index in [2.05, 4.69) is 4.85 Å². The Hall–Kier alpha value is -1.69. The van der Waals surface area contributed by atoms with Crippen molar-refractivity contribution in [3.63, 3.8) is 0 Å². The van der Waals surface area contributed by atoms with Crippen molar-refractivity contribution in [1.29, 1.82) is 0 Å². The van der Waals surface area contributed by atoms with E-state index in [-0.39, 0.29) is 17.2 Å². The average molecular weight is 221 g/mol. The molecule has 0 bridgehead atoms. The highest BCUT2D eigenvalue weighted by Crippen LogP contribution is 2.35. The summed E-state index contributed by atoms with van der Waals surface area (Å²) in [5.74, 6) is -0.243. The Kier molecular flexibility index (Phi) is 4.19. The molecule has 0 radical (unpaired) electrons. The maximum absolute atomic E-state index is 12.9. The van der Waals surface area contributed by atoms with Gasteiger partial charge in [-0.1, -0.05) is 38.1 Å². The van der Waals surface area contributed by atoms with Crippen LogP contribution in [0.1, 0.15) is 25.8 Å². The van der Waals surface area contributed by atoms with Crippen LogP contribution in [0.2, 0.25) is 0 Å². The van der Waals surface area contributed by atoms with E-state index in [0.29, 0.717) is 12.0 Å². The monoisotopic (exact) mass is 221 g/mol. The fourth-order valence-corrected chi connectivity index (χ4v) is 1.56. The highest BCUT2D eigenvalue weighted by molar-refractivity contribution is 5.78. The molecule has 16 heavy (non-hydrogen) atoms. The van der Waals surface area contributed by atoms with Gasteiger partial charge in [-0.2, -0.15) is 8.78 Å². The van der Waals surface area contributed by atoms with Crippen LogP contribution in [0.5, 0.6) is 0 Å². The zero-order valence-corrected chi connectivity index (χ0v) is 9.30. The molecule has 0 spiro atoms. The van der Waals surface area contributed by atoms with Crippen LogP contribution in [0.3, 0.4) is 0 Å². The first-order valence-electron chi connectivity index (χ1n) is 5.13. The van der Waals surface area contributed by atoms with Crippen molar-refractivity contribution in [1.82, 2.24) is 0 Å². The van der Waals surface area contributed by atoms with E-state index >= 15 is 0 Å². The van der Waals surface area contributed by atoms with Crippen LogP contribution >= 0.6 is 0 Å². The summed E-state index contributed by atoms with van der Waals surface area (Å²) in [7, 11) is 0. The van der Waals surface area contributed by atoms with Crippen LogP contribution in [0, 0.1) is 12.5 Å². The standard InChI is InChI=1S/C13H13F2N/c1-4-9(2)12(13(14)15)10-7-5-6-8-11(10)16-3/h5-9H,4H2,1-2H3. The molecule has 0 N–H and O–H groups in total. The van der Waals surface area contributed by atoms with Gasteiger partial charge in [0.2, 0.25) is 0 Å². The molecule has 0 saturated carbocycles.